The third-order valence-corrected chi connectivity index (χ3v) is 4.82. The summed E-state index contributed by atoms with van der Waals surface area (Å²) in [5.41, 5.74) is 1.93. The van der Waals surface area contributed by atoms with Crippen molar-refractivity contribution in [3.8, 4) is 0 Å². The molecule has 1 aliphatic heterocycles. The summed E-state index contributed by atoms with van der Waals surface area (Å²) in [5.74, 6) is 1.61. The van der Waals surface area contributed by atoms with Crippen molar-refractivity contribution in [2.75, 3.05) is 31.1 Å². The Hall–Kier alpha value is -2.21. The number of rotatable bonds is 6. The zero-order chi connectivity index (χ0) is 17.8. The molecule has 0 bridgehead atoms. The predicted molar refractivity (Wildman–Crippen MR) is 96.9 cm³/mol. The van der Waals surface area contributed by atoms with Crippen LogP contribution in [0.4, 0.5) is 5.69 Å². The number of hydrogen-bond donors (Lipinski definition) is 0. The van der Waals surface area contributed by atoms with Crippen LogP contribution in [0.25, 0.3) is 0 Å². The number of aryl methyl sites for hydroxylation is 1. The molecule has 1 aromatic carbocycles. The van der Waals surface area contributed by atoms with Gasteiger partial charge in [-0.15, -0.1) is 0 Å². The number of aromatic nitrogens is 2. The van der Waals surface area contributed by atoms with Gasteiger partial charge in [0, 0.05) is 43.9 Å². The Labute approximate surface area is 148 Å². The Morgan fingerprint density at radius 3 is 2.48 bits per heavy atom. The second-order valence-corrected chi connectivity index (χ2v) is 6.60. The van der Waals surface area contributed by atoms with Crippen molar-refractivity contribution in [3.05, 3.63) is 41.5 Å². The maximum absolute atomic E-state index is 11.4. The summed E-state index contributed by atoms with van der Waals surface area (Å²) in [5, 5.41) is 4.06. The van der Waals surface area contributed by atoms with Crippen LogP contribution in [0.15, 0.2) is 28.8 Å². The van der Waals surface area contributed by atoms with Crippen LogP contribution in [-0.2, 0) is 6.42 Å². The first kappa shape index (κ1) is 17.6. The van der Waals surface area contributed by atoms with E-state index in [9.17, 15) is 4.79 Å². The summed E-state index contributed by atoms with van der Waals surface area (Å²) in [6, 6.07) is 8.01. The molecule has 3 rings (SSSR count). The average molecular weight is 342 g/mol. The van der Waals surface area contributed by atoms with Crippen molar-refractivity contribution in [1.29, 1.82) is 0 Å². The zero-order valence-corrected chi connectivity index (χ0v) is 15.2. The fourth-order valence-electron chi connectivity index (χ4n) is 3.19. The van der Waals surface area contributed by atoms with E-state index in [4.69, 9.17) is 4.52 Å². The molecule has 1 atom stereocenters. The lowest BCUT2D eigenvalue weighted by Gasteiger charge is -2.38. The lowest BCUT2D eigenvalue weighted by atomic mass is 10.1. The van der Waals surface area contributed by atoms with Gasteiger partial charge in [0.05, 0.1) is 6.04 Å². The van der Waals surface area contributed by atoms with Crippen LogP contribution in [0, 0.1) is 0 Å². The van der Waals surface area contributed by atoms with Gasteiger partial charge in [0.15, 0.2) is 11.6 Å². The van der Waals surface area contributed by atoms with Crippen LogP contribution in [-0.4, -0.2) is 47.0 Å². The smallest absolute Gasteiger partial charge is 0.243 e. The number of carbonyl (C=O) groups excluding carboxylic acids is 1. The minimum atomic E-state index is 0.104. The van der Waals surface area contributed by atoms with Crippen LogP contribution in [0.2, 0.25) is 0 Å². The summed E-state index contributed by atoms with van der Waals surface area (Å²) in [6.07, 6.45) is 1.88. The lowest BCUT2D eigenvalue weighted by molar-refractivity contribution is 0.101. The van der Waals surface area contributed by atoms with E-state index in [1.807, 2.05) is 24.3 Å². The summed E-state index contributed by atoms with van der Waals surface area (Å²) < 4.78 is 5.43. The SMILES string of the molecule is CCCc1noc([C@H](C)N2CCN(c3ccc(C(C)=O)cc3)CC2)n1. The molecule has 134 valence electrons. The van der Waals surface area contributed by atoms with Crippen LogP contribution in [0.1, 0.15) is 55.3 Å². The molecule has 2 aromatic rings. The van der Waals surface area contributed by atoms with Crippen LogP contribution in [0.3, 0.4) is 0 Å². The highest BCUT2D eigenvalue weighted by Crippen LogP contribution is 2.23. The molecule has 0 radical (unpaired) electrons. The Morgan fingerprint density at radius 2 is 1.88 bits per heavy atom. The highest BCUT2D eigenvalue weighted by molar-refractivity contribution is 5.94. The lowest BCUT2D eigenvalue weighted by Crippen LogP contribution is -2.47. The first-order valence-corrected chi connectivity index (χ1v) is 9.01. The topological polar surface area (TPSA) is 62.5 Å². The second-order valence-electron chi connectivity index (χ2n) is 6.60. The number of hydrogen-bond acceptors (Lipinski definition) is 6. The largest absolute Gasteiger partial charge is 0.369 e. The number of carbonyl (C=O) groups is 1. The van der Waals surface area contributed by atoms with Gasteiger partial charge in [0.1, 0.15) is 0 Å². The van der Waals surface area contributed by atoms with Gasteiger partial charge < -0.3 is 9.42 Å². The molecular formula is C19H26N4O2. The van der Waals surface area contributed by atoms with Gasteiger partial charge in [-0.05, 0) is 44.5 Å². The maximum Gasteiger partial charge on any atom is 0.243 e. The third kappa shape index (κ3) is 4.07. The number of benzene rings is 1. The van der Waals surface area contributed by atoms with Gasteiger partial charge in [0.2, 0.25) is 5.89 Å². The first-order chi connectivity index (χ1) is 12.1. The van der Waals surface area contributed by atoms with Crippen molar-refractivity contribution in [3.63, 3.8) is 0 Å². The Kier molecular flexibility index (Phi) is 5.48. The standard InChI is InChI=1S/C19H26N4O2/c1-4-5-18-20-19(25-21-18)14(2)22-10-12-23(13-11-22)17-8-6-16(7-9-17)15(3)24/h6-9,14H,4-5,10-13H2,1-3H3/t14-/m0/s1. The molecule has 6 heteroatoms. The number of piperazine rings is 1. The van der Waals surface area contributed by atoms with Crippen LogP contribution < -0.4 is 4.90 Å². The molecule has 25 heavy (non-hydrogen) atoms. The highest BCUT2D eigenvalue weighted by atomic mass is 16.5. The molecule has 2 heterocycles. The van der Waals surface area contributed by atoms with Crippen molar-refractivity contribution >= 4 is 11.5 Å². The second kappa shape index (κ2) is 7.78. The maximum atomic E-state index is 11.4. The average Bonchev–Trinajstić information content (AvgIpc) is 3.10. The molecule has 1 saturated heterocycles. The summed E-state index contributed by atoms with van der Waals surface area (Å²) in [7, 11) is 0. The van der Waals surface area contributed by atoms with E-state index in [0.29, 0.717) is 5.89 Å². The fourth-order valence-corrected chi connectivity index (χ4v) is 3.19. The van der Waals surface area contributed by atoms with Gasteiger partial charge >= 0.3 is 0 Å². The normalized spacial score (nSPS) is 16.8. The van der Waals surface area contributed by atoms with Gasteiger partial charge in [0.25, 0.3) is 0 Å². The van der Waals surface area contributed by atoms with Crippen LogP contribution in [0.5, 0.6) is 0 Å². The van der Waals surface area contributed by atoms with E-state index in [2.05, 4.69) is 33.8 Å². The Bertz CT molecular complexity index is 702. The Balaban J connectivity index is 1.58. The number of ketones is 1. The molecule has 0 saturated carbocycles. The van der Waals surface area contributed by atoms with Gasteiger partial charge in [-0.1, -0.05) is 12.1 Å². The van der Waals surface area contributed by atoms with Crippen molar-refractivity contribution in [1.82, 2.24) is 15.0 Å². The van der Waals surface area contributed by atoms with Gasteiger partial charge in [-0.3, -0.25) is 9.69 Å². The molecule has 6 nitrogen and oxygen atoms in total. The minimum absolute atomic E-state index is 0.104. The van der Waals surface area contributed by atoms with E-state index in [1.54, 1.807) is 6.92 Å². The summed E-state index contributed by atoms with van der Waals surface area (Å²) in [4.78, 5) is 20.6. The summed E-state index contributed by atoms with van der Waals surface area (Å²) >= 11 is 0. The van der Waals surface area contributed by atoms with E-state index >= 15 is 0 Å². The molecule has 0 N–H and O–H groups in total. The first-order valence-electron chi connectivity index (χ1n) is 9.01. The monoisotopic (exact) mass is 342 g/mol. The number of nitrogens with zero attached hydrogens (tertiary/aromatic N) is 4. The van der Waals surface area contributed by atoms with E-state index in [1.165, 1.54) is 5.69 Å². The minimum Gasteiger partial charge on any atom is -0.369 e. The molecule has 1 fully saturated rings. The van der Waals surface area contributed by atoms with Crippen molar-refractivity contribution in [2.24, 2.45) is 0 Å². The number of anilines is 1. The molecule has 0 unspecified atom stereocenters. The Morgan fingerprint density at radius 1 is 1.20 bits per heavy atom. The number of Topliss-reactive ketones (excluding diaryl/α,β-unsaturated/α-hetero) is 1. The molecule has 1 aromatic heterocycles. The quantitative estimate of drug-likeness (QED) is 0.752. The van der Waals surface area contributed by atoms with E-state index in [0.717, 1.165) is 50.4 Å². The predicted octanol–water partition coefficient (Wildman–Crippen LogP) is 3.11. The van der Waals surface area contributed by atoms with Crippen molar-refractivity contribution < 1.29 is 9.32 Å². The fraction of sp³-hybridized carbons (Fsp3) is 0.526. The van der Waals surface area contributed by atoms with E-state index in [-0.39, 0.29) is 11.8 Å². The zero-order valence-electron chi connectivity index (χ0n) is 15.2. The van der Waals surface area contributed by atoms with Crippen molar-refractivity contribution in [2.45, 2.75) is 39.7 Å². The van der Waals surface area contributed by atoms with Gasteiger partial charge in [-0.2, -0.15) is 4.98 Å². The molecule has 0 aliphatic carbocycles. The highest BCUT2D eigenvalue weighted by Gasteiger charge is 2.25. The van der Waals surface area contributed by atoms with E-state index < -0.39 is 0 Å². The van der Waals surface area contributed by atoms with Crippen LogP contribution >= 0.6 is 0 Å². The summed E-state index contributed by atoms with van der Waals surface area (Å²) in [6.45, 7) is 9.61. The molecule has 0 amide bonds. The molecule has 0 spiro atoms. The molecule has 1 aliphatic rings. The molecular weight excluding hydrogens is 316 g/mol. The van der Waals surface area contributed by atoms with Gasteiger partial charge in [-0.25, -0.2) is 0 Å². The third-order valence-electron chi connectivity index (χ3n) is 4.82.